The van der Waals surface area contributed by atoms with Crippen LogP contribution in [0, 0.1) is 5.92 Å². The van der Waals surface area contributed by atoms with Crippen molar-refractivity contribution >= 4 is 10.9 Å². The Morgan fingerprint density at radius 2 is 1.96 bits per heavy atom. The van der Waals surface area contributed by atoms with Gasteiger partial charge in [-0.3, -0.25) is 10.00 Å². The Morgan fingerprint density at radius 3 is 2.67 bits per heavy atom. The number of hydrogen-bond donors (Lipinski definition) is 3. The van der Waals surface area contributed by atoms with Gasteiger partial charge < -0.3 is 10.2 Å². The maximum absolute atomic E-state index is 11.0. The normalized spacial score (nSPS) is 36.6. The number of benzene rings is 1. The number of nitrogens with zero attached hydrogens (tertiary/aromatic N) is 2. The Balaban J connectivity index is 1.21. The predicted molar refractivity (Wildman–Crippen MR) is 103 cm³/mol. The van der Waals surface area contributed by atoms with E-state index in [4.69, 9.17) is 0 Å². The second kappa shape index (κ2) is 5.79. The van der Waals surface area contributed by atoms with Crippen molar-refractivity contribution in [3.8, 4) is 0 Å². The van der Waals surface area contributed by atoms with E-state index < -0.39 is 11.8 Å². The molecule has 0 radical (unpaired) electrons. The van der Waals surface area contributed by atoms with E-state index in [0.29, 0.717) is 23.9 Å². The van der Waals surface area contributed by atoms with Gasteiger partial charge in [-0.15, -0.1) is 0 Å². The molecule has 3 saturated carbocycles. The Labute approximate surface area is 159 Å². The van der Waals surface area contributed by atoms with E-state index in [-0.39, 0.29) is 0 Å². The maximum atomic E-state index is 11.0. The van der Waals surface area contributed by atoms with Crippen molar-refractivity contribution < 1.29 is 10.2 Å². The SMILES string of the molecule is OC(CCc1n[nH]c2cccc(C3CC3)c12)N1C2CC3CC1CC(O)(C3)C2. The van der Waals surface area contributed by atoms with Crippen LogP contribution >= 0.6 is 0 Å². The first-order valence-corrected chi connectivity index (χ1v) is 10.7. The number of rotatable bonds is 5. The first-order chi connectivity index (χ1) is 13.1. The summed E-state index contributed by atoms with van der Waals surface area (Å²) in [5.74, 6) is 1.36. The lowest BCUT2D eigenvalue weighted by Gasteiger charge is -2.60. The van der Waals surface area contributed by atoms with Crippen molar-refractivity contribution in [2.24, 2.45) is 5.92 Å². The van der Waals surface area contributed by atoms with Crippen molar-refractivity contribution in [1.82, 2.24) is 15.1 Å². The molecule has 5 heteroatoms. The number of hydrogen-bond acceptors (Lipinski definition) is 4. The average Bonchev–Trinajstić information content (AvgIpc) is 3.38. The summed E-state index contributed by atoms with van der Waals surface area (Å²) in [6, 6.07) is 7.19. The number of aliphatic hydroxyl groups excluding tert-OH is 1. The molecule has 5 fully saturated rings. The number of aryl methyl sites for hydroxylation is 1. The molecule has 3 N–H and O–H groups in total. The number of aromatic amines is 1. The highest BCUT2D eigenvalue weighted by Gasteiger charge is 2.54. The summed E-state index contributed by atoms with van der Waals surface area (Å²) in [5.41, 5.74) is 3.21. The van der Waals surface area contributed by atoms with Crippen LogP contribution in [-0.2, 0) is 6.42 Å². The van der Waals surface area contributed by atoms with Crippen molar-refractivity contribution in [2.45, 2.75) is 87.6 Å². The summed E-state index contributed by atoms with van der Waals surface area (Å²) >= 11 is 0. The zero-order chi connectivity index (χ0) is 18.2. The zero-order valence-electron chi connectivity index (χ0n) is 15.8. The highest BCUT2D eigenvalue weighted by atomic mass is 16.3. The Hall–Kier alpha value is -1.43. The van der Waals surface area contributed by atoms with Crippen LogP contribution in [0.5, 0.6) is 0 Å². The lowest BCUT2D eigenvalue weighted by Crippen LogP contribution is -2.66. The van der Waals surface area contributed by atoms with E-state index in [1.54, 1.807) is 0 Å². The van der Waals surface area contributed by atoms with Crippen LogP contribution in [-0.4, -0.2) is 49.2 Å². The highest BCUT2D eigenvalue weighted by molar-refractivity contribution is 5.85. The van der Waals surface area contributed by atoms with Crippen molar-refractivity contribution in [2.75, 3.05) is 0 Å². The third kappa shape index (κ3) is 2.66. The third-order valence-corrected chi connectivity index (χ3v) is 7.65. The third-order valence-electron chi connectivity index (χ3n) is 7.65. The second-order valence-corrected chi connectivity index (χ2v) is 9.66. The van der Waals surface area contributed by atoms with Gasteiger partial charge in [-0.1, -0.05) is 12.1 Å². The molecule has 2 aromatic rings. The van der Waals surface area contributed by atoms with E-state index in [2.05, 4.69) is 33.3 Å². The molecule has 3 heterocycles. The molecule has 0 amide bonds. The molecule has 5 nitrogen and oxygen atoms in total. The monoisotopic (exact) mass is 367 g/mol. The second-order valence-electron chi connectivity index (χ2n) is 9.66. The fourth-order valence-electron chi connectivity index (χ4n) is 6.60. The summed E-state index contributed by atoms with van der Waals surface area (Å²) in [6.07, 6.45) is 8.61. The van der Waals surface area contributed by atoms with E-state index in [1.165, 1.54) is 23.8 Å². The summed E-state index contributed by atoms with van der Waals surface area (Å²) in [4.78, 5) is 2.33. The van der Waals surface area contributed by atoms with Crippen LogP contribution in [0.3, 0.4) is 0 Å². The molecule has 0 spiro atoms. The van der Waals surface area contributed by atoms with Gasteiger partial charge in [0, 0.05) is 17.5 Å². The van der Waals surface area contributed by atoms with Gasteiger partial charge in [-0.05, 0) is 81.3 Å². The van der Waals surface area contributed by atoms with Crippen molar-refractivity contribution in [3.05, 3.63) is 29.5 Å². The lowest BCUT2D eigenvalue weighted by atomic mass is 9.61. The van der Waals surface area contributed by atoms with Crippen LogP contribution in [0.1, 0.15) is 68.5 Å². The molecule has 5 aliphatic rings. The van der Waals surface area contributed by atoms with E-state index >= 15 is 0 Å². The Bertz CT molecular complexity index is 858. The van der Waals surface area contributed by atoms with Gasteiger partial charge in [0.15, 0.2) is 0 Å². The van der Waals surface area contributed by atoms with E-state index in [9.17, 15) is 10.2 Å². The molecule has 7 rings (SSSR count). The fraction of sp³-hybridized carbons (Fsp3) is 0.682. The van der Waals surface area contributed by atoms with Crippen molar-refractivity contribution in [1.29, 1.82) is 0 Å². The number of fused-ring (bicyclic) bond motifs is 1. The number of nitrogens with one attached hydrogen (secondary N) is 1. The Kier molecular flexibility index (Phi) is 3.54. The minimum absolute atomic E-state index is 0.356. The molecule has 4 bridgehead atoms. The largest absolute Gasteiger partial charge is 0.390 e. The molecule has 1 aromatic carbocycles. The van der Waals surface area contributed by atoms with Gasteiger partial charge in [0.2, 0.25) is 0 Å². The molecule has 144 valence electrons. The van der Waals surface area contributed by atoms with Gasteiger partial charge in [-0.2, -0.15) is 5.10 Å². The number of aromatic nitrogens is 2. The molecule has 3 aliphatic carbocycles. The molecular weight excluding hydrogens is 338 g/mol. The fourth-order valence-corrected chi connectivity index (χ4v) is 6.60. The number of aliphatic hydroxyl groups is 2. The topological polar surface area (TPSA) is 72.4 Å². The summed E-state index contributed by atoms with van der Waals surface area (Å²) < 4.78 is 0. The number of H-pyrrole nitrogens is 1. The van der Waals surface area contributed by atoms with Crippen LogP contribution in [0.15, 0.2) is 18.2 Å². The molecule has 3 atom stereocenters. The van der Waals surface area contributed by atoms with Crippen LogP contribution in [0.4, 0.5) is 0 Å². The summed E-state index contributed by atoms with van der Waals surface area (Å²) in [7, 11) is 0. The van der Waals surface area contributed by atoms with Crippen molar-refractivity contribution in [3.63, 3.8) is 0 Å². The van der Waals surface area contributed by atoms with Crippen LogP contribution in [0.25, 0.3) is 10.9 Å². The minimum Gasteiger partial charge on any atom is -0.390 e. The first kappa shape index (κ1) is 16.5. The predicted octanol–water partition coefficient (Wildman–Crippen LogP) is 3.07. The highest BCUT2D eigenvalue weighted by Crippen LogP contribution is 2.52. The molecule has 3 unspecified atom stereocenters. The first-order valence-electron chi connectivity index (χ1n) is 10.7. The zero-order valence-corrected chi connectivity index (χ0v) is 15.8. The molecule has 2 aliphatic heterocycles. The van der Waals surface area contributed by atoms with Gasteiger partial charge in [0.25, 0.3) is 0 Å². The molecular formula is C22H29N3O2. The minimum atomic E-state index is -0.454. The van der Waals surface area contributed by atoms with Crippen LogP contribution < -0.4 is 0 Å². The number of piperidine rings is 2. The molecule has 2 saturated heterocycles. The van der Waals surface area contributed by atoms with Gasteiger partial charge in [-0.25, -0.2) is 0 Å². The van der Waals surface area contributed by atoms with E-state index in [0.717, 1.165) is 56.2 Å². The standard InChI is InChI=1S/C22H29N3O2/c26-20(25-15-8-13-9-16(25)12-22(27,10-13)11-15)7-6-19-21-17(14-4-5-14)2-1-3-18(21)23-24-19/h1-3,13-16,20,26-27H,4-12H2,(H,23,24). The van der Waals surface area contributed by atoms with Gasteiger partial charge in [0.1, 0.15) is 6.23 Å². The van der Waals surface area contributed by atoms with E-state index in [1.807, 2.05) is 0 Å². The summed E-state index contributed by atoms with van der Waals surface area (Å²) in [5, 5.41) is 30.9. The van der Waals surface area contributed by atoms with Gasteiger partial charge >= 0.3 is 0 Å². The molecule has 1 aromatic heterocycles. The summed E-state index contributed by atoms with van der Waals surface area (Å²) in [6.45, 7) is 0. The molecule has 27 heavy (non-hydrogen) atoms. The average molecular weight is 367 g/mol. The maximum Gasteiger partial charge on any atom is 0.108 e. The smallest absolute Gasteiger partial charge is 0.108 e. The lowest BCUT2D eigenvalue weighted by molar-refractivity contribution is -0.198. The van der Waals surface area contributed by atoms with Crippen LogP contribution in [0.2, 0.25) is 0 Å². The quantitative estimate of drug-likeness (QED) is 0.759. The van der Waals surface area contributed by atoms with Gasteiger partial charge in [0.05, 0.1) is 16.8 Å². The Morgan fingerprint density at radius 1 is 1.19 bits per heavy atom.